The minimum atomic E-state index is 0.286. The highest BCUT2D eigenvalue weighted by molar-refractivity contribution is 5.82. The van der Waals surface area contributed by atoms with E-state index < -0.39 is 0 Å². The van der Waals surface area contributed by atoms with Gasteiger partial charge in [-0.3, -0.25) is 0 Å². The summed E-state index contributed by atoms with van der Waals surface area (Å²) in [5, 5.41) is 12.7. The van der Waals surface area contributed by atoms with Gasteiger partial charge >= 0.3 is 0 Å². The number of tetrazole rings is 1. The Morgan fingerprint density at radius 1 is 1.25 bits per heavy atom. The number of benzene rings is 1. The number of ether oxygens (including phenoxy) is 1. The summed E-state index contributed by atoms with van der Waals surface area (Å²) in [6.07, 6.45) is 0.286. The van der Waals surface area contributed by atoms with Gasteiger partial charge in [-0.15, -0.1) is 5.10 Å². The van der Waals surface area contributed by atoms with Crippen LogP contribution in [-0.2, 0) is 4.74 Å². The summed E-state index contributed by atoms with van der Waals surface area (Å²) in [5.41, 5.74) is 3.01. The minimum absolute atomic E-state index is 0.286. The molecule has 0 N–H and O–H groups in total. The number of hydrogen-bond acceptors (Lipinski definition) is 4. The zero-order chi connectivity index (χ0) is 10.5. The van der Waals surface area contributed by atoms with E-state index >= 15 is 0 Å². The summed E-state index contributed by atoms with van der Waals surface area (Å²) in [6.45, 7) is 0.832. The molecule has 5 heteroatoms. The van der Waals surface area contributed by atoms with Gasteiger partial charge in [0.25, 0.3) is 0 Å². The number of aromatic nitrogens is 4. The van der Waals surface area contributed by atoms with Crippen LogP contribution in [0, 0.1) is 0 Å². The molecule has 16 heavy (non-hydrogen) atoms. The topological polar surface area (TPSA) is 55.6 Å². The van der Waals surface area contributed by atoms with Gasteiger partial charge in [0.05, 0.1) is 12.1 Å². The number of fused-ring (bicyclic) bond motifs is 3. The first-order chi connectivity index (χ1) is 7.92. The number of pyridine rings is 1. The molecule has 1 aliphatic heterocycles. The van der Waals surface area contributed by atoms with Crippen LogP contribution in [0.5, 0.6) is 0 Å². The largest absolute Gasteiger partial charge is 0.368 e. The van der Waals surface area contributed by atoms with Crippen molar-refractivity contribution in [3.63, 3.8) is 0 Å². The maximum Gasteiger partial charge on any atom is 0.179 e. The first-order valence-electron chi connectivity index (χ1n) is 5.14. The van der Waals surface area contributed by atoms with E-state index in [4.69, 9.17) is 4.74 Å². The van der Waals surface area contributed by atoms with Crippen molar-refractivity contribution < 1.29 is 4.74 Å². The second-order valence-corrected chi connectivity index (χ2v) is 3.92. The molecule has 2 aromatic heterocycles. The van der Waals surface area contributed by atoms with Crippen molar-refractivity contribution in [2.45, 2.75) is 6.10 Å². The van der Waals surface area contributed by atoms with Gasteiger partial charge < -0.3 is 4.74 Å². The van der Waals surface area contributed by atoms with E-state index in [9.17, 15) is 0 Å². The molecule has 1 unspecified atom stereocenters. The quantitative estimate of drug-likeness (QED) is 0.571. The van der Waals surface area contributed by atoms with E-state index in [0.717, 1.165) is 23.2 Å². The third-order valence-corrected chi connectivity index (χ3v) is 2.89. The average molecular weight is 212 g/mol. The highest BCUT2D eigenvalue weighted by Gasteiger charge is 2.24. The molecule has 3 heterocycles. The Balaban J connectivity index is 2.07. The average Bonchev–Trinajstić information content (AvgIpc) is 3.06. The summed E-state index contributed by atoms with van der Waals surface area (Å²) < 4.78 is 7.01. The molecular formula is C11H8N4O. The molecule has 0 aliphatic carbocycles. The number of rotatable bonds is 1. The normalized spacial score (nSPS) is 19.4. The fourth-order valence-electron chi connectivity index (χ4n) is 1.97. The molecule has 0 amide bonds. The van der Waals surface area contributed by atoms with E-state index in [1.807, 2.05) is 18.2 Å². The summed E-state index contributed by atoms with van der Waals surface area (Å²) in [6, 6.07) is 10.2. The van der Waals surface area contributed by atoms with Crippen LogP contribution in [0.1, 0.15) is 11.7 Å². The van der Waals surface area contributed by atoms with Gasteiger partial charge in [-0.05, 0) is 40.3 Å². The van der Waals surface area contributed by atoms with Gasteiger partial charge in [-0.25, -0.2) is 0 Å². The smallest absolute Gasteiger partial charge is 0.179 e. The molecular weight excluding hydrogens is 204 g/mol. The molecule has 0 spiro atoms. The Morgan fingerprint density at radius 3 is 3.06 bits per heavy atom. The van der Waals surface area contributed by atoms with Crippen LogP contribution in [0.4, 0.5) is 0 Å². The first kappa shape index (κ1) is 8.18. The van der Waals surface area contributed by atoms with Gasteiger partial charge in [0, 0.05) is 5.39 Å². The van der Waals surface area contributed by atoms with Crippen LogP contribution < -0.4 is 0 Å². The Morgan fingerprint density at radius 2 is 2.19 bits per heavy atom. The molecule has 3 aromatic rings. The molecule has 0 saturated carbocycles. The number of epoxide rings is 1. The van der Waals surface area contributed by atoms with Gasteiger partial charge in [-0.2, -0.15) is 4.52 Å². The predicted octanol–water partition coefficient (Wildman–Crippen LogP) is 1.35. The highest BCUT2D eigenvalue weighted by Crippen LogP contribution is 2.31. The lowest BCUT2D eigenvalue weighted by Gasteiger charge is -2.01. The van der Waals surface area contributed by atoms with Crippen LogP contribution in [0.3, 0.4) is 0 Å². The molecule has 78 valence electrons. The lowest BCUT2D eigenvalue weighted by Crippen LogP contribution is -1.91. The molecule has 1 aromatic carbocycles. The maximum absolute atomic E-state index is 5.27. The lowest BCUT2D eigenvalue weighted by atomic mass is 10.1. The van der Waals surface area contributed by atoms with E-state index in [1.165, 1.54) is 5.56 Å². The Kier molecular flexibility index (Phi) is 1.41. The van der Waals surface area contributed by atoms with Crippen LogP contribution in [0.25, 0.3) is 16.6 Å². The van der Waals surface area contributed by atoms with Gasteiger partial charge in [0.1, 0.15) is 6.10 Å². The van der Waals surface area contributed by atoms with Crippen molar-refractivity contribution in [1.29, 1.82) is 0 Å². The molecule has 4 rings (SSSR count). The second-order valence-electron chi connectivity index (χ2n) is 3.92. The Hall–Kier alpha value is -2.01. The zero-order valence-electron chi connectivity index (χ0n) is 8.37. The SMILES string of the molecule is c1cc2c(ccc3nnnn32)cc1C1CO1. The van der Waals surface area contributed by atoms with Crippen molar-refractivity contribution in [2.24, 2.45) is 0 Å². The van der Waals surface area contributed by atoms with Gasteiger partial charge in [0.2, 0.25) is 0 Å². The van der Waals surface area contributed by atoms with Crippen molar-refractivity contribution in [1.82, 2.24) is 20.0 Å². The number of nitrogens with zero attached hydrogens (tertiary/aromatic N) is 4. The van der Waals surface area contributed by atoms with Crippen LogP contribution in [0.2, 0.25) is 0 Å². The fraction of sp³-hybridized carbons (Fsp3) is 0.182. The summed E-state index contributed by atoms with van der Waals surface area (Å²) >= 11 is 0. The minimum Gasteiger partial charge on any atom is -0.368 e. The van der Waals surface area contributed by atoms with Crippen LogP contribution >= 0.6 is 0 Å². The van der Waals surface area contributed by atoms with E-state index in [1.54, 1.807) is 4.52 Å². The van der Waals surface area contributed by atoms with E-state index in [2.05, 4.69) is 27.7 Å². The zero-order valence-corrected chi connectivity index (χ0v) is 8.37. The third-order valence-electron chi connectivity index (χ3n) is 2.89. The Labute approximate surface area is 90.6 Å². The van der Waals surface area contributed by atoms with Crippen molar-refractivity contribution in [3.8, 4) is 0 Å². The van der Waals surface area contributed by atoms with Crippen LogP contribution in [-0.4, -0.2) is 26.6 Å². The van der Waals surface area contributed by atoms with Gasteiger partial charge in [0.15, 0.2) is 5.65 Å². The second kappa shape index (κ2) is 2.76. The standard InChI is InChI=1S/C11H8N4O/c1-3-9-7(5-8(1)10-6-16-10)2-4-11-12-13-14-15(9)11/h1-5,10H,6H2. The molecule has 1 saturated heterocycles. The van der Waals surface area contributed by atoms with E-state index in [-0.39, 0.29) is 6.10 Å². The predicted molar refractivity (Wildman–Crippen MR) is 57.0 cm³/mol. The Bertz CT molecular complexity index is 687. The summed E-state index contributed by atoms with van der Waals surface area (Å²) in [4.78, 5) is 0. The first-order valence-corrected chi connectivity index (χ1v) is 5.14. The molecule has 1 aliphatic rings. The van der Waals surface area contributed by atoms with Crippen molar-refractivity contribution >= 4 is 16.6 Å². The fourth-order valence-corrected chi connectivity index (χ4v) is 1.97. The molecule has 0 radical (unpaired) electrons. The van der Waals surface area contributed by atoms with E-state index in [0.29, 0.717) is 0 Å². The molecule has 0 bridgehead atoms. The third kappa shape index (κ3) is 1.06. The van der Waals surface area contributed by atoms with Crippen LogP contribution in [0.15, 0.2) is 30.3 Å². The van der Waals surface area contributed by atoms with Crippen molar-refractivity contribution in [3.05, 3.63) is 35.9 Å². The number of hydrogen-bond donors (Lipinski definition) is 0. The lowest BCUT2D eigenvalue weighted by molar-refractivity contribution is 0.416. The molecule has 5 nitrogen and oxygen atoms in total. The maximum atomic E-state index is 5.27. The monoisotopic (exact) mass is 212 g/mol. The summed E-state index contributed by atoms with van der Waals surface area (Å²) in [7, 11) is 0. The van der Waals surface area contributed by atoms with Gasteiger partial charge in [-0.1, -0.05) is 6.07 Å². The van der Waals surface area contributed by atoms with Crippen molar-refractivity contribution in [2.75, 3.05) is 6.61 Å². The highest BCUT2D eigenvalue weighted by atomic mass is 16.6. The summed E-state index contributed by atoms with van der Waals surface area (Å²) in [5.74, 6) is 0. The molecule has 1 atom stereocenters. The molecule has 1 fully saturated rings.